The molecule has 0 atom stereocenters. The third kappa shape index (κ3) is 2.17. The maximum Gasteiger partial charge on any atom is 0.384 e. The standard InChI is InChI=1S/C16H11F4N3O/c1-23-13-8-11-6-10(15(17,18)24-16(11,19)20)7-12(13)22-14(23)9-2-4-21-5-3-9/h2-5,7-8H,6H2,1H3. The number of hydrogen-bond donors (Lipinski definition) is 0. The summed E-state index contributed by atoms with van der Waals surface area (Å²) in [5.74, 6) is 0.476. The summed E-state index contributed by atoms with van der Waals surface area (Å²) in [7, 11) is 1.64. The van der Waals surface area contributed by atoms with Crippen molar-refractivity contribution in [3.8, 4) is 11.4 Å². The smallest absolute Gasteiger partial charge is 0.327 e. The molecule has 4 rings (SSSR count). The van der Waals surface area contributed by atoms with E-state index in [9.17, 15) is 17.6 Å². The summed E-state index contributed by atoms with van der Waals surface area (Å²) in [6.07, 6.45) is -3.18. The molecule has 124 valence electrons. The molecule has 3 heterocycles. The van der Waals surface area contributed by atoms with Crippen LogP contribution in [0.15, 0.2) is 35.7 Å². The van der Waals surface area contributed by atoms with Gasteiger partial charge in [0.05, 0.1) is 11.4 Å². The zero-order valence-electron chi connectivity index (χ0n) is 12.4. The van der Waals surface area contributed by atoms with Gasteiger partial charge in [-0.05, 0) is 24.3 Å². The van der Waals surface area contributed by atoms with Gasteiger partial charge in [0.2, 0.25) is 0 Å². The molecule has 0 saturated carbocycles. The second kappa shape index (κ2) is 4.76. The zero-order valence-corrected chi connectivity index (χ0v) is 12.4. The van der Waals surface area contributed by atoms with Crippen molar-refractivity contribution in [3.63, 3.8) is 0 Å². The van der Waals surface area contributed by atoms with E-state index in [1.807, 2.05) is 0 Å². The van der Waals surface area contributed by atoms with Crippen molar-refractivity contribution in [1.29, 1.82) is 0 Å². The van der Waals surface area contributed by atoms with Gasteiger partial charge in [0.25, 0.3) is 0 Å². The molecular formula is C16H11F4N3O. The van der Waals surface area contributed by atoms with E-state index in [1.54, 1.807) is 36.1 Å². The van der Waals surface area contributed by atoms with Gasteiger partial charge in [0, 0.05) is 42.6 Å². The third-order valence-corrected chi connectivity index (χ3v) is 4.11. The summed E-state index contributed by atoms with van der Waals surface area (Å²) >= 11 is 0. The number of fused-ring (bicyclic) bond motifs is 3. The Morgan fingerprint density at radius 1 is 1.04 bits per heavy atom. The van der Waals surface area contributed by atoms with E-state index < -0.39 is 29.8 Å². The molecule has 2 aromatic heterocycles. The molecule has 8 heteroatoms. The maximum atomic E-state index is 13.9. The number of rotatable bonds is 1. The lowest BCUT2D eigenvalue weighted by Gasteiger charge is -2.32. The van der Waals surface area contributed by atoms with Crippen LogP contribution in [-0.2, 0) is 11.8 Å². The molecule has 0 aromatic carbocycles. The molecule has 2 aromatic rings. The topological polar surface area (TPSA) is 39.9 Å². The molecule has 2 bridgehead atoms. The number of alkyl halides is 4. The van der Waals surface area contributed by atoms with E-state index in [0.717, 1.165) is 6.08 Å². The van der Waals surface area contributed by atoms with Crippen LogP contribution in [0.1, 0.15) is 17.8 Å². The minimum absolute atomic E-state index is 0.204. The average Bonchev–Trinajstić information content (AvgIpc) is 2.70. The van der Waals surface area contributed by atoms with Crippen LogP contribution in [0.25, 0.3) is 23.5 Å². The first-order valence-electron chi connectivity index (χ1n) is 7.13. The monoisotopic (exact) mass is 337 g/mol. The van der Waals surface area contributed by atoms with Gasteiger partial charge in [0.1, 0.15) is 5.82 Å². The molecule has 0 radical (unpaired) electrons. The molecule has 2 aliphatic rings. The first-order valence-corrected chi connectivity index (χ1v) is 7.13. The van der Waals surface area contributed by atoms with Crippen molar-refractivity contribution < 1.29 is 22.3 Å². The van der Waals surface area contributed by atoms with Crippen molar-refractivity contribution in [2.24, 2.45) is 7.05 Å². The number of halogens is 4. The second-order valence-electron chi connectivity index (χ2n) is 5.65. The Bertz CT molecular complexity index is 884. The average molecular weight is 337 g/mol. The van der Waals surface area contributed by atoms with Crippen LogP contribution in [-0.4, -0.2) is 26.8 Å². The molecule has 4 nitrogen and oxygen atoms in total. The SMILES string of the molecule is Cn1c(-c2ccncc2)nc2c1C=C1CC(=C2)C(F)(F)OC1(F)F. The van der Waals surface area contributed by atoms with Crippen LogP contribution in [0, 0.1) is 0 Å². The van der Waals surface area contributed by atoms with Gasteiger partial charge < -0.3 is 4.57 Å². The maximum absolute atomic E-state index is 13.9. The van der Waals surface area contributed by atoms with Crippen molar-refractivity contribution in [1.82, 2.24) is 14.5 Å². The number of pyridine rings is 1. The molecule has 0 spiro atoms. The Morgan fingerprint density at radius 3 is 2.33 bits per heavy atom. The van der Waals surface area contributed by atoms with E-state index in [2.05, 4.69) is 14.7 Å². The van der Waals surface area contributed by atoms with Crippen LogP contribution in [0.4, 0.5) is 17.6 Å². The number of ether oxygens (including phenoxy) is 1. The first-order chi connectivity index (χ1) is 11.3. The van der Waals surface area contributed by atoms with Gasteiger partial charge >= 0.3 is 12.2 Å². The lowest BCUT2D eigenvalue weighted by Crippen LogP contribution is -2.41. The molecule has 0 unspecified atom stereocenters. The van der Waals surface area contributed by atoms with Gasteiger partial charge in [-0.1, -0.05) is 0 Å². The summed E-state index contributed by atoms with van der Waals surface area (Å²) in [4.78, 5) is 8.24. The molecule has 1 fully saturated rings. The van der Waals surface area contributed by atoms with Gasteiger partial charge in [0.15, 0.2) is 0 Å². The number of imidazole rings is 1. The highest BCUT2D eigenvalue weighted by Gasteiger charge is 2.55. The summed E-state index contributed by atoms with van der Waals surface area (Å²) in [5, 5.41) is 0. The van der Waals surface area contributed by atoms with Crippen LogP contribution in [0.3, 0.4) is 0 Å². The van der Waals surface area contributed by atoms with E-state index in [0.29, 0.717) is 17.1 Å². The third-order valence-electron chi connectivity index (χ3n) is 4.11. The molecule has 0 amide bonds. The van der Waals surface area contributed by atoms with Crippen LogP contribution >= 0.6 is 0 Å². The minimum Gasteiger partial charge on any atom is -0.327 e. The largest absolute Gasteiger partial charge is 0.384 e. The van der Waals surface area contributed by atoms with Gasteiger partial charge in [-0.3, -0.25) is 4.98 Å². The van der Waals surface area contributed by atoms with Crippen molar-refractivity contribution >= 4 is 12.2 Å². The van der Waals surface area contributed by atoms with Gasteiger partial charge in [-0.25, -0.2) is 9.72 Å². The van der Waals surface area contributed by atoms with Crippen LogP contribution in [0.2, 0.25) is 0 Å². The molecule has 1 aliphatic carbocycles. The van der Waals surface area contributed by atoms with E-state index in [1.165, 1.54) is 6.08 Å². The second-order valence-corrected chi connectivity index (χ2v) is 5.65. The minimum atomic E-state index is -4.03. The summed E-state index contributed by atoms with van der Waals surface area (Å²) in [5.41, 5.74) is 0.195. The predicted octanol–water partition coefficient (Wildman–Crippen LogP) is 3.87. The molecule has 1 saturated heterocycles. The Labute approximate surface area is 134 Å². The number of hydrogen-bond acceptors (Lipinski definition) is 3. The van der Waals surface area contributed by atoms with Crippen LogP contribution in [0.5, 0.6) is 0 Å². The van der Waals surface area contributed by atoms with E-state index >= 15 is 0 Å². The van der Waals surface area contributed by atoms with Gasteiger partial charge in [-0.15, -0.1) is 0 Å². The predicted molar refractivity (Wildman–Crippen MR) is 78.0 cm³/mol. The zero-order chi connectivity index (χ0) is 17.1. The summed E-state index contributed by atoms with van der Waals surface area (Å²) < 4.78 is 60.7. The highest BCUT2D eigenvalue weighted by Crippen LogP contribution is 2.49. The normalized spacial score (nSPS) is 20.7. The Hall–Kier alpha value is -2.48. The molecule has 1 aliphatic heterocycles. The Morgan fingerprint density at radius 2 is 1.67 bits per heavy atom. The fourth-order valence-electron chi connectivity index (χ4n) is 2.87. The first kappa shape index (κ1) is 15.1. The highest BCUT2D eigenvalue weighted by atomic mass is 19.3. The number of aromatic nitrogens is 3. The Balaban J connectivity index is 1.94. The molecule has 0 N–H and O–H groups in total. The summed E-state index contributed by atoms with van der Waals surface area (Å²) in [6, 6.07) is 3.41. The fourth-order valence-corrected chi connectivity index (χ4v) is 2.87. The van der Waals surface area contributed by atoms with Crippen molar-refractivity contribution in [3.05, 3.63) is 47.1 Å². The molecule has 24 heavy (non-hydrogen) atoms. The fraction of sp³-hybridized carbons (Fsp3) is 0.250. The lowest BCUT2D eigenvalue weighted by atomic mass is 10.0. The van der Waals surface area contributed by atoms with E-state index in [-0.39, 0.29) is 5.69 Å². The summed E-state index contributed by atoms with van der Waals surface area (Å²) in [6.45, 7) is 0. The highest BCUT2D eigenvalue weighted by molar-refractivity contribution is 5.73. The number of nitrogens with zero attached hydrogens (tertiary/aromatic N) is 3. The lowest BCUT2D eigenvalue weighted by molar-refractivity contribution is -0.352. The molecular weight excluding hydrogens is 326 g/mol. The Kier molecular flexibility index (Phi) is 2.99. The quantitative estimate of drug-likeness (QED) is 0.742. The van der Waals surface area contributed by atoms with Crippen molar-refractivity contribution in [2.45, 2.75) is 18.6 Å². The van der Waals surface area contributed by atoms with Crippen molar-refractivity contribution in [2.75, 3.05) is 0 Å². The van der Waals surface area contributed by atoms with E-state index in [4.69, 9.17) is 0 Å². The van der Waals surface area contributed by atoms with Crippen LogP contribution < -0.4 is 0 Å². The van der Waals surface area contributed by atoms with Gasteiger partial charge in [-0.2, -0.15) is 17.6 Å².